The minimum atomic E-state index is -2.35. The Morgan fingerprint density at radius 1 is 0.425 bits per heavy atom. The van der Waals surface area contributed by atoms with Crippen molar-refractivity contribution in [3.8, 4) is 86.2 Å². The second-order valence-corrected chi connectivity index (χ2v) is 19.0. The fourth-order valence-electron chi connectivity index (χ4n) is 11.7. The van der Waals surface area contributed by atoms with Gasteiger partial charge in [0, 0.05) is 64.4 Å². The van der Waals surface area contributed by atoms with Crippen molar-refractivity contribution in [1.82, 2.24) is 0 Å². The van der Waals surface area contributed by atoms with Crippen LogP contribution in [0.3, 0.4) is 0 Å². The normalized spacial score (nSPS) is 28.5. The number of fused-ring (bicyclic) bond motifs is 3. The molecule has 6 aromatic rings. The smallest absolute Gasteiger partial charge is 0.157 e. The number of phenolic OH excluding ortho intramolecular Hbond substituents is 13. The molecule has 21 heteroatoms. The first kappa shape index (κ1) is 48.1. The second kappa shape index (κ2) is 17.1. The van der Waals surface area contributed by atoms with Crippen molar-refractivity contribution in [2.45, 2.75) is 73.3 Å². The summed E-state index contributed by atoms with van der Waals surface area (Å²) in [6.45, 7) is 1.29. The zero-order valence-corrected chi connectivity index (χ0v) is 37.8. The van der Waals surface area contributed by atoms with E-state index in [-0.39, 0.29) is 28.0 Å². The summed E-state index contributed by atoms with van der Waals surface area (Å²) in [7, 11) is 0. The zero-order valence-electron chi connectivity index (χ0n) is 37.8. The summed E-state index contributed by atoms with van der Waals surface area (Å²) in [5, 5.41) is 180. The maximum absolute atomic E-state index is 15.0. The Hall–Kier alpha value is -8.50. The molecule has 73 heavy (non-hydrogen) atoms. The molecule has 10 rings (SSSR count). The molecule has 1 saturated heterocycles. The number of phenols is 13. The van der Waals surface area contributed by atoms with Crippen molar-refractivity contribution >= 4 is 11.6 Å². The molecule has 1 saturated carbocycles. The fraction of sp³-hybridized carbons (Fsp3) is 0.269. The van der Waals surface area contributed by atoms with E-state index in [1.165, 1.54) is 25.1 Å². The monoisotopic (exact) mass is 1010 g/mol. The molecule has 4 aliphatic rings. The third kappa shape index (κ3) is 7.45. The highest BCUT2D eigenvalue weighted by molar-refractivity contribution is 6.06. The van der Waals surface area contributed by atoms with E-state index in [0.717, 1.165) is 66.7 Å². The molecule has 3 aliphatic heterocycles. The van der Waals surface area contributed by atoms with E-state index in [9.17, 15) is 86.5 Å². The van der Waals surface area contributed by atoms with E-state index in [1.54, 1.807) is 0 Å². The number of rotatable bonds is 6. The third-order valence-electron chi connectivity index (χ3n) is 14.7. The first-order chi connectivity index (χ1) is 34.5. The molecule has 12 unspecified atom stereocenters. The number of benzene rings is 6. The topological polar surface area (TPSA) is 386 Å². The van der Waals surface area contributed by atoms with Gasteiger partial charge in [-0.2, -0.15) is 0 Å². The van der Waals surface area contributed by atoms with Gasteiger partial charge in [-0.3, -0.25) is 9.59 Å². The molecule has 1 aliphatic carbocycles. The van der Waals surface area contributed by atoms with Gasteiger partial charge in [0.05, 0.1) is 35.9 Å². The highest BCUT2D eigenvalue weighted by Crippen LogP contribution is 2.65. The molecule has 21 nitrogen and oxygen atoms in total. The quantitative estimate of drug-likeness (QED) is 0.0805. The van der Waals surface area contributed by atoms with Crippen molar-refractivity contribution in [2.24, 2.45) is 11.8 Å². The van der Waals surface area contributed by atoms with Gasteiger partial charge in [-0.25, -0.2) is 0 Å². The van der Waals surface area contributed by atoms with Crippen molar-refractivity contribution in [3.05, 3.63) is 124 Å². The van der Waals surface area contributed by atoms with Crippen molar-refractivity contribution in [2.75, 3.05) is 0 Å². The summed E-state index contributed by atoms with van der Waals surface area (Å²) in [5.74, 6) is -20.8. The lowest BCUT2D eigenvalue weighted by Crippen LogP contribution is -2.65. The standard InChI is InChI=1S/C52H46O21/c1-52-43(41-37-30(63)13-21(54)14-35(37)71-48(46(41)69)17-2-5-22(55)25(58)8-17)33(66)16-34(67)44(52)42(47(70)50(73-52)19-4-7-24(57)27(60)10-19)39-32(65)15-31(64)38-40(36-28(61)11-20(53)12-29(36)62)45(68)49(72-51(38)39)18-3-6-23(56)26(59)9-18/h2-15,40-50,53-65,68-70H,16H2,1H3. The van der Waals surface area contributed by atoms with Gasteiger partial charge >= 0.3 is 0 Å². The van der Waals surface area contributed by atoms with E-state index >= 15 is 4.79 Å². The molecule has 2 fully saturated rings. The predicted octanol–water partition coefficient (Wildman–Crippen LogP) is 4.51. The van der Waals surface area contributed by atoms with Gasteiger partial charge in [0.2, 0.25) is 0 Å². The Morgan fingerprint density at radius 3 is 1.34 bits per heavy atom. The van der Waals surface area contributed by atoms with Crippen LogP contribution >= 0.6 is 0 Å². The summed E-state index contributed by atoms with van der Waals surface area (Å²) in [5.41, 5.74) is -4.30. The number of aliphatic hydroxyl groups is 3. The van der Waals surface area contributed by atoms with Gasteiger partial charge in [-0.1, -0.05) is 18.2 Å². The van der Waals surface area contributed by atoms with Crippen LogP contribution in [0.4, 0.5) is 0 Å². The number of aliphatic hydroxyl groups excluding tert-OH is 3. The van der Waals surface area contributed by atoms with Gasteiger partial charge in [0.1, 0.15) is 81.6 Å². The van der Waals surface area contributed by atoms with Crippen LogP contribution in [0.1, 0.15) is 88.4 Å². The number of Topliss-reactive ketones (excluding diaryl/α,β-unsaturated/α-hetero) is 2. The first-order valence-electron chi connectivity index (χ1n) is 22.6. The van der Waals surface area contributed by atoms with Crippen LogP contribution in [0.5, 0.6) is 86.2 Å². The molecule has 6 aromatic carbocycles. The van der Waals surface area contributed by atoms with E-state index < -0.39 is 187 Å². The third-order valence-corrected chi connectivity index (χ3v) is 14.7. The van der Waals surface area contributed by atoms with Crippen LogP contribution in [-0.4, -0.2) is 117 Å². The maximum Gasteiger partial charge on any atom is 0.157 e. The summed E-state index contributed by atoms with van der Waals surface area (Å²) < 4.78 is 19.5. The summed E-state index contributed by atoms with van der Waals surface area (Å²) in [6, 6.07) is 14.3. The highest BCUT2D eigenvalue weighted by atomic mass is 16.5. The molecular formula is C52H46O21. The van der Waals surface area contributed by atoms with E-state index in [1.807, 2.05) is 0 Å². The lowest BCUT2D eigenvalue weighted by Gasteiger charge is -2.58. The van der Waals surface area contributed by atoms with Gasteiger partial charge in [-0.15, -0.1) is 0 Å². The average Bonchev–Trinajstić information content (AvgIpc) is 3.30. The van der Waals surface area contributed by atoms with Gasteiger partial charge in [0.15, 0.2) is 46.7 Å². The van der Waals surface area contributed by atoms with Gasteiger partial charge in [-0.05, 0) is 60.0 Å². The van der Waals surface area contributed by atoms with Crippen LogP contribution in [0, 0.1) is 11.8 Å². The zero-order chi connectivity index (χ0) is 52.4. The lowest BCUT2D eigenvalue weighted by atomic mass is 9.54. The largest absolute Gasteiger partial charge is 0.508 e. The minimum Gasteiger partial charge on any atom is -0.508 e. The second-order valence-electron chi connectivity index (χ2n) is 19.0. The Kier molecular flexibility index (Phi) is 11.3. The Balaban J connectivity index is 1.24. The summed E-state index contributed by atoms with van der Waals surface area (Å²) in [6.07, 6.45) is -12.0. The molecule has 0 spiro atoms. The molecule has 12 atom stereocenters. The lowest BCUT2D eigenvalue weighted by molar-refractivity contribution is -0.240. The molecule has 16 N–H and O–H groups in total. The van der Waals surface area contributed by atoms with Gasteiger partial charge in [0.25, 0.3) is 0 Å². The van der Waals surface area contributed by atoms with Crippen molar-refractivity contribution in [1.29, 1.82) is 0 Å². The molecule has 0 aromatic heterocycles. The molecule has 0 radical (unpaired) electrons. The minimum absolute atomic E-state index is 0.0226. The fourth-order valence-corrected chi connectivity index (χ4v) is 11.7. The predicted molar refractivity (Wildman–Crippen MR) is 246 cm³/mol. The number of hydrogen-bond donors (Lipinski definition) is 16. The number of carbonyl (C=O) groups excluding carboxylic acids is 2. The molecule has 380 valence electrons. The van der Waals surface area contributed by atoms with Crippen molar-refractivity contribution in [3.63, 3.8) is 0 Å². The molecule has 3 heterocycles. The Labute approximate surface area is 411 Å². The number of carbonyl (C=O) groups is 2. The number of hydrogen-bond acceptors (Lipinski definition) is 21. The summed E-state index contributed by atoms with van der Waals surface area (Å²) in [4.78, 5) is 30.0. The SMILES string of the molecule is CC12OC(c3ccc(O)c(O)c3)C(O)C(c3c(O)cc(O)c4c3OC(c3ccc(O)c(O)c3)C(O)C4c3c(O)cc(O)cc3O)C1C(=O)CC(=O)C2C1c2c(O)cc(O)cc2OC(c2ccc(O)c(O)c2)C1O. The summed E-state index contributed by atoms with van der Waals surface area (Å²) >= 11 is 0. The average molecular weight is 1010 g/mol. The number of aromatic hydroxyl groups is 13. The Morgan fingerprint density at radius 2 is 0.836 bits per heavy atom. The van der Waals surface area contributed by atoms with Gasteiger partial charge < -0.3 is 95.9 Å². The Bertz CT molecular complexity index is 3260. The molecule has 0 amide bonds. The molecule has 0 bridgehead atoms. The van der Waals surface area contributed by atoms with Crippen LogP contribution < -0.4 is 9.47 Å². The van der Waals surface area contributed by atoms with E-state index in [2.05, 4.69) is 0 Å². The highest BCUT2D eigenvalue weighted by Gasteiger charge is 2.67. The number of ketones is 2. The van der Waals surface area contributed by atoms with E-state index in [4.69, 9.17) is 14.2 Å². The molecular weight excluding hydrogens is 961 g/mol. The van der Waals surface area contributed by atoms with E-state index in [0.29, 0.717) is 0 Å². The number of ether oxygens (including phenoxy) is 3. The van der Waals surface area contributed by atoms with Crippen molar-refractivity contribution < 1.29 is 106 Å². The van der Waals surface area contributed by atoms with Crippen LogP contribution in [-0.2, 0) is 14.3 Å². The van der Waals surface area contributed by atoms with Crippen LogP contribution in [0.25, 0.3) is 0 Å². The maximum atomic E-state index is 15.0. The van der Waals surface area contributed by atoms with Crippen LogP contribution in [0.2, 0.25) is 0 Å². The first-order valence-corrected chi connectivity index (χ1v) is 22.6. The van der Waals surface area contributed by atoms with Crippen LogP contribution in [0.15, 0.2) is 84.9 Å².